The van der Waals surface area contributed by atoms with Crippen LogP contribution in [0.1, 0.15) is 5.56 Å². The van der Waals surface area contributed by atoms with Crippen molar-refractivity contribution in [2.45, 2.75) is 11.8 Å². The number of nitriles is 1. The fourth-order valence-corrected chi connectivity index (χ4v) is 2.76. The highest BCUT2D eigenvalue weighted by molar-refractivity contribution is 7.89. The average Bonchev–Trinajstić information content (AvgIpc) is 2.56. The zero-order valence-electron chi connectivity index (χ0n) is 13.7. The number of rotatable bonds is 5. The number of sulfonamides is 1. The topological polar surface area (TPSA) is 125 Å². The second-order valence-corrected chi connectivity index (χ2v) is 7.29. The monoisotopic (exact) mass is 390 g/mol. The molecule has 0 fully saturated rings. The summed E-state index contributed by atoms with van der Waals surface area (Å²) < 4.78 is 22.4. The number of amides is 1. The second kappa shape index (κ2) is 8.01. The SMILES string of the molecule is Cc1cc(Cl)ccc1N/C=C(/C#N)C(=O)Nc1ccc(S(N)(=O)=O)cc1. The molecular formula is C17H15ClN4O3S. The molecule has 0 spiro atoms. The lowest BCUT2D eigenvalue weighted by Gasteiger charge is -2.08. The number of nitrogens with zero attached hydrogens (tertiary/aromatic N) is 1. The number of aryl methyl sites for hydroxylation is 1. The standard InChI is InChI=1S/C17H15ClN4O3S/c1-11-8-13(18)2-7-16(11)21-10-12(9-19)17(23)22-14-3-5-15(6-4-14)26(20,24)25/h2-8,10,21H,1H3,(H,22,23)(H2,20,24,25)/b12-10-. The van der Waals surface area contributed by atoms with Gasteiger partial charge in [0.15, 0.2) is 0 Å². The van der Waals surface area contributed by atoms with Crippen LogP contribution in [0.3, 0.4) is 0 Å². The molecule has 0 radical (unpaired) electrons. The van der Waals surface area contributed by atoms with Gasteiger partial charge in [0, 0.05) is 22.6 Å². The molecule has 7 nitrogen and oxygen atoms in total. The van der Waals surface area contributed by atoms with Crippen LogP contribution < -0.4 is 15.8 Å². The lowest BCUT2D eigenvalue weighted by molar-refractivity contribution is -0.112. The van der Waals surface area contributed by atoms with E-state index < -0.39 is 15.9 Å². The molecule has 0 saturated heterocycles. The fraction of sp³-hybridized carbons (Fsp3) is 0.0588. The molecule has 0 aliphatic rings. The number of hydrogen-bond donors (Lipinski definition) is 3. The van der Waals surface area contributed by atoms with Crippen LogP contribution in [0.25, 0.3) is 0 Å². The molecule has 134 valence electrons. The predicted octanol–water partition coefficient (Wildman–Crippen LogP) is 2.75. The van der Waals surface area contributed by atoms with E-state index >= 15 is 0 Å². The van der Waals surface area contributed by atoms with Gasteiger partial charge in [-0.25, -0.2) is 13.6 Å². The second-order valence-electron chi connectivity index (χ2n) is 5.30. The van der Waals surface area contributed by atoms with E-state index in [1.807, 2.05) is 6.92 Å². The average molecular weight is 391 g/mol. The summed E-state index contributed by atoms with van der Waals surface area (Å²) in [6.07, 6.45) is 1.28. The minimum absolute atomic E-state index is 0.0774. The Hall–Kier alpha value is -2.86. The number of primary sulfonamides is 1. The van der Waals surface area contributed by atoms with Crippen molar-refractivity contribution >= 4 is 38.9 Å². The molecule has 2 aromatic carbocycles. The number of carbonyl (C=O) groups excluding carboxylic acids is 1. The lowest BCUT2D eigenvalue weighted by atomic mass is 10.2. The minimum Gasteiger partial charge on any atom is -0.360 e. The van der Waals surface area contributed by atoms with E-state index in [-0.39, 0.29) is 10.5 Å². The zero-order valence-corrected chi connectivity index (χ0v) is 15.2. The van der Waals surface area contributed by atoms with Crippen LogP contribution in [0.4, 0.5) is 11.4 Å². The minimum atomic E-state index is -3.81. The number of hydrogen-bond acceptors (Lipinski definition) is 5. The van der Waals surface area contributed by atoms with Gasteiger partial charge in [0.05, 0.1) is 4.90 Å². The van der Waals surface area contributed by atoms with Gasteiger partial charge in [-0.05, 0) is 55.0 Å². The quantitative estimate of drug-likeness (QED) is 0.534. The van der Waals surface area contributed by atoms with E-state index in [1.54, 1.807) is 24.3 Å². The normalized spacial score (nSPS) is 11.5. The van der Waals surface area contributed by atoms with Gasteiger partial charge in [-0.2, -0.15) is 5.26 Å². The highest BCUT2D eigenvalue weighted by Gasteiger charge is 2.11. The third kappa shape index (κ3) is 5.07. The summed E-state index contributed by atoms with van der Waals surface area (Å²) in [5, 5.41) is 20.2. The molecule has 0 saturated carbocycles. The summed E-state index contributed by atoms with van der Waals surface area (Å²) in [4.78, 5) is 12.1. The molecule has 2 rings (SSSR count). The fourth-order valence-electron chi connectivity index (χ4n) is 2.01. The molecule has 0 atom stereocenters. The Kier molecular flexibility index (Phi) is 6.00. The Morgan fingerprint density at radius 2 is 1.88 bits per heavy atom. The van der Waals surface area contributed by atoms with Crippen molar-refractivity contribution < 1.29 is 13.2 Å². The van der Waals surface area contributed by atoms with Crippen molar-refractivity contribution in [3.8, 4) is 6.07 Å². The molecule has 0 aliphatic heterocycles. The smallest absolute Gasteiger partial charge is 0.267 e. The van der Waals surface area contributed by atoms with Gasteiger partial charge >= 0.3 is 0 Å². The Morgan fingerprint density at radius 1 is 1.23 bits per heavy atom. The van der Waals surface area contributed by atoms with E-state index in [9.17, 15) is 18.5 Å². The number of halogens is 1. The molecule has 0 bridgehead atoms. The third-order valence-electron chi connectivity index (χ3n) is 3.37. The summed E-state index contributed by atoms with van der Waals surface area (Å²) >= 11 is 5.88. The van der Waals surface area contributed by atoms with Crippen LogP contribution in [-0.2, 0) is 14.8 Å². The van der Waals surface area contributed by atoms with Gasteiger partial charge in [-0.1, -0.05) is 11.6 Å². The molecule has 26 heavy (non-hydrogen) atoms. The number of carbonyl (C=O) groups is 1. The lowest BCUT2D eigenvalue weighted by Crippen LogP contribution is -2.15. The van der Waals surface area contributed by atoms with Crippen LogP contribution in [0.2, 0.25) is 5.02 Å². The Morgan fingerprint density at radius 3 is 2.42 bits per heavy atom. The van der Waals surface area contributed by atoms with Crippen LogP contribution >= 0.6 is 11.6 Å². The van der Waals surface area contributed by atoms with E-state index in [4.69, 9.17) is 16.7 Å². The van der Waals surface area contributed by atoms with Crippen molar-refractivity contribution in [3.63, 3.8) is 0 Å². The van der Waals surface area contributed by atoms with E-state index in [0.29, 0.717) is 16.4 Å². The molecule has 1 amide bonds. The van der Waals surface area contributed by atoms with E-state index in [0.717, 1.165) is 5.56 Å². The first-order chi connectivity index (χ1) is 12.2. The van der Waals surface area contributed by atoms with E-state index in [1.165, 1.54) is 30.5 Å². The highest BCUT2D eigenvalue weighted by Crippen LogP contribution is 2.20. The van der Waals surface area contributed by atoms with Crippen molar-refractivity contribution in [1.82, 2.24) is 0 Å². The molecule has 0 heterocycles. The van der Waals surface area contributed by atoms with Crippen LogP contribution in [0.5, 0.6) is 0 Å². The molecular weight excluding hydrogens is 376 g/mol. The van der Waals surface area contributed by atoms with Crippen molar-refractivity contribution in [1.29, 1.82) is 5.26 Å². The Bertz CT molecular complexity index is 1010. The molecule has 0 unspecified atom stereocenters. The molecule has 9 heteroatoms. The molecule has 0 aliphatic carbocycles. The maximum Gasteiger partial charge on any atom is 0.267 e. The predicted molar refractivity (Wildman–Crippen MR) is 100.0 cm³/mol. The van der Waals surface area contributed by atoms with Gasteiger partial charge in [-0.15, -0.1) is 0 Å². The maximum absolute atomic E-state index is 12.2. The van der Waals surface area contributed by atoms with Gasteiger partial charge in [0.1, 0.15) is 11.6 Å². The van der Waals surface area contributed by atoms with Crippen LogP contribution in [0.15, 0.2) is 59.1 Å². The summed E-state index contributed by atoms with van der Waals surface area (Å²) in [5.74, 6) is -0.644. The molecule has 2 aromatic rings. The van der Waals surface area contributed by atoms with Crippen LogP contribution in [0, 0.1) is 18.3 Å². The molecule has 0 aromatic heterocycles. The molecule has 4 N–H and O–H groups in total. The van der Waals surface area contributed by atoms with Crippen LogP contribution in [-0.4, -0.2) is 14.3 Å². The van der Waals surface area contributed by atoms with Gasteiger partial charge in [0.2, 0.25) is 10.0 Å². The van der Waals surface area contributed by atoms with Crippen molar-refractivity contribution in [2.24, 2.45) is 5.14 Å². The first kappa shape index (κ1) is 19.5. The summed E-state index contributed by atoms with van der Waals surface area (Å²) in [6, 6.07) is 12.2. The van der Waals surface area contributed by atoms with Gasteiger partial charge in [0.25, 0.3) is 5.91 Å². The van der Waals surface area contributed by atoms with E-state index in [2.05, 4.69) is 10.6 Å². The van der Waals surface area contributed by atoms with Gasteiger partial charge < -0.3 is 10.6 Å². The maximum atomic E-state index is 12.2. The Balaban J connectivity index is 2.12. The number of nitrogens with one attached hydrogen (secondary N) is 2. The first-order valence-electron chi connectivity index (χ1n) is 7.28. The Labute approximate surface area is 156 Å². The number of nitrogens with two attached hydrogens (primary N) is 1. The largest absolute Gasteiger partial charge is 0.360 e. The summed E-state index contributed by atoms with van der Waals surface area (Å²) in [7, 11) is -3.81. The number of benzene rings is 2. The summed E-state index contributed by atoms with van der Waals surface area (Å²) in [5.41, 5.74) is 1.72. The van der Waals surface area contributed by atoms with Gasteiger partial charge in [-0.3, -0.25) is 4.79 Å². The van der Waals surface area contributed by atoms with Crippen molar-refractivity contribution in [2.75, 3.05) is 10.6 Å². The summed E-state index contributed by atoms with van der Waals surface area (Å²) in [6.45, 7) is 1.83. The highest BCUT2D eigenvalue weighted by atomic mass is 35.5. The zero-order chi connectivity index (χ0) is 19.3. The third-order valence-corrected chi connectivity index (χ3v) is 4.53. The number of anilines is 2. The van der Waals surface area contributed by atoms with Crippen molar-refractivity contribution in [3.05, 3.63) is 64.8 Å². The first-order valence-corrected chi connectivity index (χ1v) is 9.20.